The van der Waals surface area contributed by atoms with Gasteiger partial charge in [0, 0.05) is 35.7 Å². The minimum Gasteiger partial charge on any atom is -0.338 e. The van der Waals surface area contributed by atoms with Crippen molar-refractivity contribution >= 4 is 17.1 Å². The van der Waals surface area contributed by atoms with Crippen LogP contribution in [0.15, 0.2) is 66.0 Å². The van der Waals surface area contributed by atoms with Crippen molar-refractivity contribution in [2.45, 2.75) is 65.2 Å². The monoisotopic (exact) mass is 399 g/mol. The average molecular weight is 400 g/mol. The molecule has 2 nitrogen and oxygen atoms in total. The van der Waals surface area contributed by atoms with Gasteiger partial charge in [-0.15, -0.1) is 0 Å². The van der Waals surface area contributed by atoms with E-state index in [1.807, 2.05) is 0 Å². The van der Waals surface area contributed by atoms with E-state index in [1.54, 1.807) is 0 Å². The molecule has 2 aliphatic heterocycles. The third-order valence-corrected chi connectivity index (χ3v) is 6.77. The van der Waals surface area contributed by atoms with E-state index in [0.717, 1.165) is 25.9 Å². The maximum absolute atomic E-state index is 3.81. The summed E-state index contributed by atoms with van der Waals surface area (Å²) in [6.07, 6.45) is 4.52. The van der Waals surface area contributed by atoms with Gasteiger partial charge >= 0.3 is 0 Å². The Morgan fingerprint density at radius 1 is 0.867 bits per heavy atom. The normalized spacial score (nSPS) is 18.3. The number of nitrogens with zero attached hydrogens (tertiary/aromatic N) is 2. The van der Waals surface area contributed by atoms with Crippen molar-refractivity contribution in [2.75, 3.05) is 18.0 Å². The molecule has 2 aliphatic rings. The number of fused-ring (bicyclic) bond motifs is 2. The van der Waals surface area contributed by atoms with Crippen LogP contribution in [0.1, 0.15) is 65.5 Å². The molecule has 0 bridgehead atoms. The van der Waals surface area contributed by atoms with Crippen molar-refractivity contribution in [1.82, 2.24) is 0 Å². The first-order valence-corrected chi connectivity index (χ1v) is 11.4. The Morgan fingerprint density at radius 3 is 2.23 bits per heavy atom. The summed E-state index contributed by atoms with van der Waals surface area (Å²) in [5.41, 5.74) is 11.9. The molecule has 2 heterocycles. The lowest BCUT2D eigenvalue weighted by Crippen LogP contribution is -2.29. The highest BCUT2D eigenvalue weighted by Crippen LogP contribution is 2.47. The highest BCUT2D eigenvalue weighted by Gasteiger charge is 2.44. The van der Waals surface area contributed by atoms with Gasteiger partial charge in [-0.1, -0.05) is 56.0 Å². The zero-order chi connectivity index (χ0) is 21.5. The van der Waals surface area contributed by atoms with Gasteiger partial charge in [0.2, 0.25) is 5.69 Å². The maximum Gasteiger partial charge on any atom is 0.209 e. The second-order valence-electron chi connectivity index (χ2n) is 9.61. The number of allylic oxidation sites excluding steroid dienone is 1. The number of rotatable bonds is 5. The van der Waals surface area contributed by atoms with E-state index >= 15 is 0 Å². The van der Waals surface area contributed by atoms with E-state index in [9.17, 15) is 0 Å². The highest BCUT2D eigenvalue weighted by molar-refractivity contribution is 6.03. The Kier molecular flexibility index (Phi) is 5.24. The Morgan fingerprint density at radius 2 is 1.53 bits per heavy atom. The molecule has 0 unspecified atom stereocenters. The molecule has 4 rings (SSSR count). The molecule has 2 aromatic carbocycles. The van der Waals surface area contributed by atoms with Gasteiger partial charge in [-0.25, -0.2) is 0 Å². The molecule has 0 amide bonds. The highest BCUT2D eigenvalue weighted by atomic mass is 15.2. The standard InChI is InChI=1S/C28H35N2/c1-7-19-29-23-15-11-9-13-21(23)27(3,4)25(29)17-18-26-28(5,6)22-14-10-12-16-24(22)30(26)20-8-2/h9-17H,7-8,19-20H2,1-6H3/q+1. The molecule has 0 atom stereocenters. The lowest BCUT2D eigenvalue weighted by Gasteiger charge is -2.25. The SMILES string of the molecule is CCCN1C(=C=CC2=[N+](CCC)c3ccccc3C2(C)C)C(C)(C)c2ccccc21. The fourth-order valence-electron chi connectivity index (χ4n) is 5.24. The molecule has 0 fully saturated rings. The average Bonchev–Trinajstić information content (AvgIpc) is 3.07. The van der Waals surface area contributed by atoms with Gasteiger partial charge in [0.15, 0.2) is 5.71 Å². The molecule has 0 saturated carbocycles. The van der Waals surface area contributed by atoms with Crippen molar-refractivity contribution in [3.05, 3.63) is 77.2 Å². The van der Waals surface area contributed by atoms with Crippen LogP contribution in [0.3, 0.4) is 0 Å². The summed E-state index contributed by atoms with van der Waals surface area (Å²) in [6, 6.07) is 17.7. The molecule has 0 radical (unpaired) electrons. The summed E-state index contributed by atoms with van der Waals surface area (Å²) < 4.78 is 2.50. The molecule has 0 N–H and O–H groups in total. The first-order valence-electron chi connectivity index (χ1n) is 11.4. The van der Waals surface area contributed by atoms with Crippen LogP contribution in [0.2, 0.25) is 0 Å². The maximum atomic E-state index is 3.81. The smallest absolute Gasteiger partial charge is 0.209 e. The molecule has 156 valence electrons. The summed E-state index contributed by atoms with van der Waals surface area (Å²) in [5, 5.41) is 0. The largest absolute Gasteiger partial charge is 0.338 e. The van der Waals surface area contributed by atoms with Crippen molar-refractivity contribution in [2.24, 2.45) is 0 Å². The van der Waals surface area contributed by atoms with Gasteiger partial charge in [-0.05, 0) is 45.7 Å². The first kappa shape index (κ1) is 20.7. The van der Waals surface area contributed by atoms with E-state index in [0.29, 0.717) is 0 Å². The van der Waals surface area contributed by atoms with Crippen molar-refractivity contribution in [3.63, 3.8) is 0 Å². The summed E-state index contributed by atoms with van der Waals surface area (Å²) in [5.74, 6) is 0. The van der Waals surface area contributed by atoms with Crippen molar-refractivity contribution < 1.29 is 4.58 Å². The van der Waals surface area contributed by atoms with Crippen LogP contribution in [0.5, 0.6) is 0 Å². The van der Waals surface area contributed by atoms with Gasteiger partial charge in [0.05, 0.1) is 17.2 Å². The number of para-hydroxylation sites is 2. The second kappa shape index (κ2) is 7.60. The minimum atomic E-state index is -0.0476. The van der Waals surface area contributed by atoms with Crippen LogP contribution < -0.4 is 4.90 Å². The first-order chi connectivity index (χ1) is 14.3. The van der Waals surface area contributed by atoms with E-state index < -0.39 is 0 Å². The molecule has 2 heteroatoms. The van der Waals surface area contributed by atoms with E-state index in [-0.39, 0.29) is 10.8 Å². The molecular formula is C28H35N2+. The molecule has 30 heavy (non-hydrogen) atoms. The van der Waals surface area contributed by atoms with Crippen molar-refractivity contribution in [3.8, 4) is 0 Å². The number of hydrogen-bond acceptors (Lipinski definition) is 1. The fraction of sp³-hybridized carbons (Fsp3) is 0.429. The molecule has 2 aromatic rings. The van der Waals surface area contributed by atoms with Crippen LogP contribution >= 0.6 is 0 Å². The van der Waals surface area contributed by atoms with Gasteiger partial charge in [0.25, 0.3) is 0 Å². The zero-order valence-electron chi connectivity index (χ0n) is 19.4. The third-order valence-electron chi connectivity index (χ3n) is 6.77. The quantitative estimate of drug-likeness (QED) is 0.399. The molecule has 0 aromatic heterocycles. The summed E-state index contributed by atoms with van der Waals surface area (Å²) in [4.78, 5) is 2.48. The fourth-order valence-corrected chi connectivity index (χ4v) is 5.24. The topological polar surface area (TPSA) is 6.25 Å². The Hall–Kier alpha value is -2.57. The lowest BCUT2D eigenvalue weighted by molar-refractivity contribution is -0.437. The van der Waals surface area contributed by atoms with Crippen LogP contribution in [0.4, 0.5) is 11.4 Å². The van der Waals surface area contributed by atoms with Gasteiger partial charge in [-0.3, -0.25) is 0 Å². The Bertz CT molecular complexity index is 1060. The Balaban J connectivity index is 1.90. The van der Waals surface area contributed by atoms with Gasteiger partial charge < -0.3 is 4.90 Å². The van der Waals surface area contributed by atoms with Gasteiger partial charge in [0.1, 0.15) is 6.54 Å². The molecular weight excluding hydrogens is 364 g/mol. The minimum absolute atomic E-state index is 0.0233. The number of hydrogen-bond donors (Lipinski definition) is 0. The van der Waals surface area contributed by atoms with Crippen LogP contribution in [-0.2, 0) is 10.8 Å². The van der Waals surface area contributed by atoms with Crippen LogP contribution in [0, 0.1) is 0 Å². The second-order valence-corrected chi connectivity index (χ2v) is 9.61. The van der Waals surface area contributed by atoms with E-state index in [1.165, 1.54) is 33.9 Å². The van der Waals surface area contributed by atoms with E-state index in [4.69, 9.17) is 0 Å². The summed E-state index contributed by atoms with van der Waals surface area (Å²) in [7, 11) is 0. The predicted octanol–water partition coefficient (Wildman–Crippen LogP) is 6.72. The number of anilines is 1. The predicted molar refractivity (Wildman–Crippen MR) is 128 cm³/mol. The zero-order valence-corrected chi connectivity index (χ0v) is 19.4. The Labute approximate surface area is 182 Å². The molecule has 0 aliphatic carbocycles. The lowest BCUT2D eigenvalue weighted by atomic mass is 9.81. The molecule has 0 spiro atoms. The molecule has 0 saturated heterocycles. The van der Waals surface area contributed by atoms with Crippen LogP contribution in [-0.4, -0.2) is 23.4 Å². The third kappa shape index (κ3) is 3.06. The van der Waals surface area contributed by atoms with Crippen LogP contribution in [0.25, 0.3) is 0 Å². The van der Waals surface area contributed by atoms with Gasteiger partial charge in [-0.2, -0.15) is 4.58 Å². The number of benzene rings is 2. The van der Waals surface area contributed by atoms with Crippen molar-refractivity contribution in [1.29, 1.82) is 0 Å². The summed E-state index contributed by atoms with van der Waals surface area (Å²) in [6.45, 7) is 15.9. The summed E-state index contributed by atoms with van der Waals surface area (Å²) >= 11 is 0. The van der Waals surface area contributed by atoms with E-state index in [2.05, 4.69) is 111 Å².